The number of hydrogen-bond donors (Lipinski definition) is 1. The van der Waals surface area contributed by atoms with Gasteiger partial charge in [-0.3, -0.25) is 13.9 Å². The number of hydrogen-bond acceptors (Lipinski definition) is 5. The molecule has 0 aliphatic carbocycles. The molecule has 3 aromatic rings. The first-order valence-corrected chi connectivity index (χ1v) is 15.2. The summed E-state index contributed by atoms with van der Waals surface area (Å²) >= 11 is 12.3. The standard InChI is InChI=1S/C30H35Cl2N3O5S/c1-6-27(29(37)33-30(2,3)4)34(19-21-10-12-22(31)13-11-21)28(36)20-35(24-9-7-8-23(32)18-24)41(38,39)26-16-14-25(40-5)15-17-26/h7-18,27H,6,19-20H2,1-5H3,(H,33,37)/t27-/m1/s1. The maximum atomic E-state index is 14.1. The summed E-state index contributed by atoms with van der Waals surface area (Å²) in [6.45, 7) is 6.86. The van der Waals surface area contributed by atoms with Gasteiger partial charge in [-0.2, -0.15) is 0 Å². The van der Waals surface area contributed by atoms with Gasteiger partial charge >= 0.3 is 0 Å². The molecule has 220 valence electrons. The quantitative estimate of drug-likeness (QED) is 0.287. The van der Waals surface area contributed by atoms with Gasteiger partial charge in [0.1, 0.15) is 18.3 Å². The number of anilines is 1. The van der Waals surface area contributed by atoms with Gasteiger partial charge in [0, 0.05) is 22.1 Å². The molecule has 1 atom stereocenters. The molecule has 0 aliphatic rings. The highest BCUT2D eigenvalue weighted by molar-refractivity contribution is 7.92. The van der Waals surface area contributed by atoms with E-state index >= 15 is 0 Å². The molecular formula is C30H35Cl2N3O5S. The topological polar surface area (TPSA) is 96.0 Å². The first-order valence-electron chi connectivity index (χ1n) is 13.0. The van der Waals surface area contributed by atoms with Gasteiger partial charge in [-0.15, -0.1) is 0 Å². The maximum absolute atomic E-state index is 14.1. The Morgan fingerprint density at radius 2 is 1.59 bits per heavy atom. The van der Waals surface area contributed by atoms with Crippen molar-refractivity contribution < 1.29 is 22.7 Å². The molecule has 0 unspecified atom stereocenters. The van der Waals surface area contributed by atoms with E-state index in [1.54, 1.807) is 49.4 Å². The highest BCUT2D eigenvalue weighted by atomic mass is 35.5. The van der Waals surface area contributed by atoms with Crippen LogP contribution in [0.2, 0.25) is 10.0 Å². The third-order valence-electron chi connectivity index (χ3n) is 6.17. The van der Waals surface area contributed by atoms with E-state index < -0.39 is 34.1 Å². The molecule has 0 aliphatic heterocycles. The number of nitrogens with one attached hydrogen (secondary N) is 1. The van der Waals surface area contributed by atoms with Crippen molar-refractivity contribution in [3.63, 3.8) is 0 Å². The van der Waals surface area contributed by atoms with Gasteiger partial charge in [0.15, 0.2) is 0 Å². The van der Waals surface area contributed by atoms with E-state index in [4.69, 9.17) is 27.9 Å². The van der Waals surface area contributed by atoms with Crippen LogP contribution in [0.5, 0.6) is 5.75 Å². The number of sulfonamides is 1. The maximum Gasteiger partial charge on any atom is 0.264 e. The van der Waals surface area contributed by atoms with Crippen LogP contribution >= 0.6 is 23.2 Å². The number of amides is 2. The van der Waals surface area contributed by atoms with Crippen molar-refractivity contribution in [1.82, 2.24) is 10.2 Å². The van der Waals surface area contributed by atoms with E-state index in [-0.39, 0.29) is 23.0 Å². The van der Waals surface area contributed by atoms with Crippen molar-refractivity contribution in [3.05, 3.63) is 88.4 Å². The average molecular weight is 621 g/mol. The molecule has 0 aromatic heterocycles. The van der Waals surface area contributed by atoms with Gasteiger partial charge < -0.3 is 15.0 Å². The first kappa shape index (κ1) is 32.2. The lowest BCUT2D eigenvalue weighted by atomic mass is 10.1. The first-order chi connectivity index (χ1) is 19.2. The number of carbonyl (C=O) groups excluding carboxylic acids is 2. The predicted octanol–water partition coefficient (Wildman–Crippen LogP) is 5.92. The highest BCUT2D eigenvalue weighted by Gasteiger charge is 2.34. The number of methoxy groups -OCH3 is 1. The zero-order chi connectivity index (χ0) is 30.4. The fourth-order valence-corrected chi connectivity index (χ4v) is 5.91. The molecule has 0 bridgehead atoms. The van der Waals surface area contributed by atoms with Crippen molar-refractivity contribution in [2.45, 2.75) is 57.1 Å². The van der Waals surface area contributed by atoms with Crippen molar-refractivity contribution >= 4 is 50.7 Å². The fraction of sp³-hybridized carbons (Fsp3) is 0.333. The average Bonchev–Trinajstić information content (AvgIpc) is 2.91. The number of rotatable bonds is 11. The van der Waals surface area contributed by atoms with Crippen molar-refractivity contribution in [2.24, 2.45) is 0 Å². The third-order valence-corrected chi connectivity index (χ3v) is 8.45. The minimum absolute atomic E-state index is 0.0344. The van der Waals surface area contributed by atoms with Crippen LogP contribution in [-0.4, -0.2) is 50.4 Å². The van der Waals surface area contributed by atoms with Crippen molar-refractivity contribution in [2.75, 3.05) is 18.0 Å². The van der Waals surface area contributed by atoms with Crippen LogP contribution in [0.15, 0.2) is 77.7 Å². The zero-order valence-corrected chi connectivity index (χ0v) is 26.1. The summed E-state index contributed by atoms with van der Waals surface area (Å²) in [5.74, 6) is -0.415. The minimum atomic E-state index is -4.23. The summed E-state index contributed by atoms with van der Waals surface area (Å²) in [4.78, 5) is 28.8. The monoisotopic (exact) mass is 619 g/mol. The van der Waals surface area contributed by atoms with Gasteiger partial charge in [0.2, 0.25) is 11.8 Å². The molecule has 8 nitrogen and oxygen atoms in total. The van der Waals surface area contributed by atoms with Gasteiger partial charge in [0.25, 0.3) is 10.0 Å². The predicted molar refractivity (Wildman–Crippen MR) is 163 cm³/mol. The second kappa shape index (κ2) is 13.6. The highest BCUT2D eigenvalue weighted by Crippen LogP contribution is 2.28. The molecule has 1 N–H and O–H groups in total. The molecule has 0 saturated carbocycles. The van der Waals surface area contributed by atoms with Crippen molar-refractivity contribution in [3.8, 4) is 5.75 Å². The minimum Gasteiger partial charge on any atom is -0.497 e. The molecule has 0 spiro atoms. The molecular weight excluding hydrogens is 585 g/mol. The van der Waals surface area contributed by atoms with Gasteiger partial charge in [0.05, 0.1) is 17.7 Å². The van der Waals surface area contributed by atoms with E-state index in [1.807, 2.05) is 20.8 Å². The molecule has 0 fully saturated rings. The molecule has 11 heteroatoms. The van der Waals surface area contributed by atoms with Crippen LogP contribution in [0.25, 0.3) is 0 Å². The number of carbonyl (C=O) groups is 2. The van der Waals surface area contributed by atoms with Crippen LogP contribution in [0.3, 0.4) is 0 Å². The summed E-state index contributed by atoms with van der Waals surface area (Å²) in [5.41, 5.74) is 0.404. The Labute approximate surface area is 252 Å². The summed E-state index contributed by atoms with van der Waals surface area (Å²) in [6.07, 6.45) is 0.309. The summed E-state index contributed by atoms with van der Waals surface area (Å²) in [7, 11) is -2.75. The van der Waals surface area contributed by atoms with E-state index in [2.05, 4.69) is 5.32 Å². The largest absolute Gasteiger partial charge is 0.497 e. The third kappa shape index (κ3) is 8.61. The smallest absolute Gasteiger partial charge is 0.264 e. The summed E-state index contributed by atoms with van der Waals surface area (Å²) < 4.78 is 34.0. The van der Waals surface area contributed by atoms with E-state index in [0.717, 1.165) is 9.87 Å². The molecule has 0 radical (unpaired) electrons. The Balaban J connectivity index is 2.07. The normalized spacial score (nSPS) is 12.4. The van der Waals surface area contributed by atoms with E-state index in [1.165, 1.54) is 42.3 Å². The SMILES string of the molecule is CC[C@H](C(=O)NC(C)(C)C)N(Cc1ccc(Cl)cc1)C(=O)CN(c1cccc(Cl)c1)S(=O)(=O)c1ccc(OC)cc1. The molecule has 3 rings (SSSR count). The van der Waals surface area contributed by atoms with Crippen LogP contribution < -0.4 is 14.4 Å². The molecule has 0 saturated heterocycles. The second-order valence-electron chi connectivity index (χ2n) is 10.5. The van der Waals surface area contributed by atoms with E-state index in [0.29, 0.717) is 22.2 Å². The van der Waals surface area contributed by atoms with Crippen LogP contribution in [0.1, 0.15) is 39.7 Å². The van der Waals surface area contributed by atoms with E-state index in [9.17, 15) is 18.0 Å². The Hall–Kier alpha value is -3.27. The number of benzene rings is 3. The summed E-state index contributed by atoms with van der Waals surface area (Å²) in [5, 5.41) is 3.78. The number of nitrogens with zero attached hydrogens (tertiary/aromatic N) is 2. The second-order valence-corrected chi connectivity index (χ2v) is 13.2. The van der Waals surface area contributed by atoms with Crippen LogP contribution in [-0.2, 0) is 26.2 Å². The molecule has 2 amide bonds. The lowest BCUT2D eigenvalue weighted by Crippen LogP contribution is -2.55. The lowest BCUT2D eigenvalue weighted by Gasteiger charge is -2.34. The fourth-order valence-electron chi connectivity index (χ4n) is 4.19. The Kier molecular flexibility index (Phi) is 10.7. The number of ether oxygens (including phenoxy) is 1. The lowest BCUT2D eigenvalue weighted by molar-refractivity contribution is -0.141. The molecule has 0 heterocycles. The van der Waals surface area contributed by atoms with Crippen molar-refractivity contribution in [1.29, 1.82) is 0 Å². The van der Waals surface area contributed by atoms with Gasteiger partial charge in [-0.25, -0.2) is 8.42 Å². The Morgan fingerprint density at radius 1 is 0.951 bits per heavy atom. The van der Waals surface area contributed by atoms with Crippen LogP contribution in [0.4, 0.5) is 5.69 Å². The summed E-state index contributed by atoms with van der Waals surface area (Å²) in [6, 6.07) is 18.2. The Morgan fingerprint density at radius 3 is 2.12 bits per heavy atom. The molecule has 41 heavy (non-hydrogen) atoms. The Bertz CT molecular complexity index is 1460. The van der Waals surface area contributed by atoms with Crippen LogP contribution in [0, 0.1) is 0 Å². The number of halogens is 2. The molecule has 3 aromatic carbocycles. The van der Waals surface area contributed by atoms with Gasteiger partial charge in [-0.05, 0) is 87.4 Å². The van der Waals surface area contributed by atoms with Gasteiger partial charge in [-0.1, -0.05) is 48.3 Å². The zero-order valence-electron chi connectivity index (χ0n) is 23.7.